The number of halogens is 4. The number of aryl methyl sites for hydroxylation is 2. The van der Waals surface area contributed by atoms with Gasteiger partial charge in [0.2, 0.25) is 5.82 Å². The summed E-state index contributed by atoms with van der Waals surface area (Å²) in [4.78, 5) is 6.81. The molecule has 1 aromatic carbocycles. The highest BCUT2D eigenvalue weighted by atomic mass is 35.5. The molecule has 0 saturated heterocycles. The molecule has 1 heterocycles. The first-order valence-electron chi connectivity index (χ1n) is 4.81. The van der Waals surface area contributed by atoms with Gasteiger partial charge in [0.15, 0.2) is 0 Å². The van der Waals surface area contributed by atoms with Gasteiger partial charge in [-0.15, -0.1) is 0 Å². The molecule has 0 atom stereocenters. The van der Waals surface area contributed by atoms with Crippen LogP contribution in [0.5, 0.6) is 0 Å². The molecule has 0 radical (unpaired) electrons. The fourth-order valence-corrected chi connectivity index (χ4v) is 1.90. The van der Waals surface area contributed by atoms with E-state index in [1.54, 1.807) is 19.1 Å². The van der Waals surface area contributed by atoms with E-state index in [2.05, 4.69) is 9.97 Å². The number of fused-ring (bicyclic) bond motifs is 1. The van der Waals surface area contributed by atoms with E-state index >= 15 is 0 Å². The molecular weight excluding hydrogens is 253 g/mol. The Morgan fingerprint density at radius 3 is 2.35 bits per heavy atom. The highest BCUT2D eigenvalue weighted by Gasteiger charge is 2.35. The van der Waals surface area contributed by atoms with Crippen LogP contribution in [0.3, 0.4) is 0 Å². The van der Waals surface area contributed by atoms with E-state index in [1.165, 1.54) is 0 Å². The Hall–Kier alpha value is -1.36. The summed E-state index contributed by atoms with van der Waals surface area (Å²) in [6.07, 6.45) is -4.59. The molecule has 0 aliphatic heterocycles. The van der Waals surface area contributed by atoms with Gasteiger partial charge in [-0.2, -0.15) is 13.2 Å². The van der Waals surface area contributed by atoms with E-state index in [1.807, 2.05) is 6.92 Å². The number of rotatable bonds is 0. The lowest BCUT2D eigenvalue weighted by Gasteiger charge is -2.09. The van der Waals surface area contributed by atoms with Crippen molar-refractivity contribution in [2.24, 2.45) is 0 Å². The van der Waals surface area contributed by atoms with Crippen molar-refractivity contribution in [2.45, 2.75) is 20.0 Å². The number of aromatic nitrogens is 2. The van der Waals surface area contributed by atoms with E-state index in [-0.39, 0.29) is 10.7 Å². The van der Waals surface area contributed by atoms with Crippen LogP contribution in [-0.2, 0) is 6.18 Å². The zero-order valence-corrected chi connectivity index (χ0v) is 9.82. The van der Waals surface area contributed by atoms with Crippen LogP contribution < -0.4 is 0 Å². The summed E-state index contributed by atoms with van der Waals surface area (Å²) in [7, 11) is 0. The van der Waals surface area contributed by atoms with Crippen LogP contribution in [0.2, 0.25) is 5.15 Å². The largest absolute Gasteiger partial charge is 0.451 e. The molecule has 0 amide bonds. The molecule has 2 aromatic rings. The fourth-order valence-electron chi connectivity index (χ4n) is 1.68. The second kappa shape index (κ2) is 3.84. The maximum atomic E-state index is 12.5. The van der Waals surface area contributed by atoms with Crippen molar-refractivity contribution in [1.29, 1.82) is 0 Å². The third-order valence-electron chi connectivity index (χ3n) is 2.34. The zero-order valence-electron chi connectivity index (χ0n) is 9.06. The van der Waals surface area contributed by atoms with Crippen LogP contribution in [0.4, 0.5) is 13.2 Å². The van der Waals surface area contributed by atoms with Crippen LogP contribution in [0.25, 0.3) is 10.9 Å². The van der Waals surface area contributed by atoms with Gasteiger partial charge in [0.25, 0.3) is 0 Å². The van der Waals surface area contributed by atoms with Gasteiger partial charge in [0.1, 0.15) is 5.15 Å². The normalized spacial score (nSPS) is 12.1. The lowest BCUT2D eigenvalue weighted by molar-refractivity contribution is -0.144. The summed E-state index contributed by atoms with van der Waals surface area (Å²) in [6.45, 7) is 3.53. The molecule has 17 heavy (non-hydrogen) atoms. The smallest absolute Gasteiger partial charge is 0.224 e. The highest BCUT2D eigenvalue weighted by Crippen LogP contribution is 2.31. The van der Waals surface area contributed by atoms with Crippen molar-refractivity contribution in [3.63, 3.8) is 0 Å². The average Bonchev–Trinajstić information content (AvgIpc) is 2.17. The molecule has 2 nitrogen and oxygen atoms in total. The first-order valence-corrected chi connectivity index (χ1v) is 5.18. The van der Waals surface area contributed by atoms with Gasteiger partial charge >= 0.3 is 6.18 Å². The molecule has 0 aliphatic rings. The first kappa shape index (κ1) is 12.1. The van der Waals surface area contributed by atoms with Gasteiger partial charge in [-0.05, 0) is 25.5 Å². The molecule has 6 heteroatoms. The maximum Gasteiger partial charge on any atom is 0.451 e. The van der Waals surface area contributed by atoms with E-state index in [9.17, 15) is 13.2 Å². The highest BCUT2D eigenvalue weighted by molar-refractivity contribution is 6.34. The van der Waals surface area contributed by atoms with Crippen molar-refractivity contribution in [3.8, 4) is 0 Å². The predicted molar refractivity (Wildman–Crippen MR) is 59.0 cm³/mol. The number of nitrogens with zero attached hydrogens (tertiary/aromatic N) is 2. The molecule has 0 aliphatic carbocycles. The van der Waals surface area contributed by atoms with Gasteiger partial charge in [-0.25, -0.2) is 9.97 Å². The number of benzene rings is 1. The Bertz CT molecular complexity index is 593. The Labute approximate surface area is 100 Å². The van der Waals surface area contributed by atoms with Gasteiger partial charge in [-0.3, -0.25) is 0 Å². The minimum Gasteiger partial charge on any atom is -0.224 e. The summed E-state index contributed by atoms with van der Waals surface area (Å²) in [5.74, 6) is -1.21. The molecule has 0 spiro atoms. The molecule has 0 N–H and O–H groups in total. The monoisotopic (exact) mass is 260 g/mol. The Kier molecular flexibility index (Phi) is 2.73. The lowest BCUT2D eigenvalue weighted by Crippen LogP contribution is -2.11. The van der Waals surface area contributed by atoms with Crippen molar-refractivity contribution in [2.75, 3.05) is 0 Å². The van der Waals surface area contributed by atoms with E-state index in [0.717, 1.165) is 5.56 Å². The molecular formula is C11H8ClF3N2. The van der Waals surface area contributed by atoms with Crippen molar-refractivity contribution in [1.82, 2.24) is 9.97 Å². The van der Waals surface area contributed by atoms with Crippen molar-refractivity contribution in [3.05, 3.63) is 34.2 Å². The van der Waals surface area contributed by atoms with E-state index in [0.29, 0.717) is 10.9 Å². The Balaban J connectivity index is 2.83. The third-order valence-corrected chi connectivity index (χ3v) is 2.63. The SMILES string of the molecule is Cc1cc(C)c2nc(C(F)(F)F)nc(Cl)c2c1. The van der Waals surface area contributed by atoms with Gasteiger partial charge in [-0.1, -0.05) is 23.2 Å². The Morgan fingerprint density at radius 1 is 1.12 bits per heavy atom. The van der Waals surface area contributed by atoms with Crippen molar-refractivity contribution < 1.29 is 13.2 Å². The second-order valence-electron chi connectivity index (χ2n) is 3.81. The Morgan fingerprint density at radius 2 is 1.76 bits per heavy atom. The van der Waals surface area contributed by atoms with Gasteiger partial charge < -0.3 is 0 Å². The zero-order chi connectivity index (χ0) is 12.8. The molecule has 0 unspecified atom stereocenters. The summed E-state index contributed by atoms with van der Waals surface area (Å²) >= 11 is 5.76. The topological polar surface area (TPSA) is 25.8 Å². The number of hydrogen-bond acceptors (Lipinski definition) is 2. The number of hydrogen-bond donors (Lipinski definition) is 0. The summed E-state index contributed by atoms with van der Waals surface area (Å²) in [5.41, 5.74) is 1.79. The van der Waals surface area contributed by atoms with Crippen LogP contribution in [-0.4, -0.2) is 9.97 Å². The summed E-state index contributed by atoms with van der Waals surface area (Å²) in [6, 6.07) is 3.43. The van der Waals surface area contributed by atoms with E-state index < -0.39 is 12.0 Å². The minimum absolute atomic E-state index is 0.172. The number of alkyl halides is 3. The molecule has 2 rings (SSSR count). The lowest BCUT2D eigenvalue weighted by atomic mass is 10.1. The third kappa shape index (κ3) is 2.20. The van der Waals surface area contributed by atoms with Gasteiger partial charge in [0.05, 0.1) is 5.52 Å². The summed E-state index contributed by atoms with van der Waals surface area (Å²) < 4.78 is 37.6. The fraction of sp³-hybridized carbons (Fsp3) is 0.273. The van der Waals surface area contributed by atoms with E-state index in [4.69, 9.17) is 11.6 Å². The van der Waals surface area contributed by atoms with Crippen LogP contribution >= 0.6 is 11.6 Å². The van der Waals surface area contributed by atoms with Crippen LogP contribution in [0.15, 0.2) is 12.1 Å². The first-order chi connectivity index (χ1) is 7.79. The van der Waals surface area contributed by atoms with Crippen LogP contribution in [0, 0.1) is 13.8 Å². The molecule has 90 valence electrons. The second-order valence-corrected chi connectivity index (χ2v) is 4.17. The molecule has 1 aromatic heterocycles. The maximum absolute atomic E-state index is 12.5. The molecule has 0 fully saturated rings. The summed E-state index contributed by atoms with van der Waals surface area (Å²) in [5, 5.41) is 0.270. The molecule has 0 saturated carbocycles. The minimum atomic E-state index is -4.59. The standard InChI is InChI=1S/C11H8ClF3N2/c1-5-3-6(2)8-7(4-5)9(12)17-10(16-8)11(13,14)15/h3-4H,1-2H3. The molecule has 0 bridgehead atoms. The van der Waals surface area contributed by atoms with Crippen molar-refractivity contribution >= 4 is 22.5 Å². The quantitative estimate of drug-likeness (QED) is 0.671. The average molecular weight is 261 g/mol. The van der Waals surface area contributed by atoms with Crippen LogP contribution in [0.1, 0.15) is 17.0 Å². The predicted octanol–water partition coefficient (Wildman–Crippen LogP) is 3.92. The van der Waals surface area contributed by atoms with Gasteiger partial charge in [0, 0.05) is 5.39 Å².